The van der Waals surface area contributed by atoms with E-state index in [9.17, 15) is 4.79 Å². The zero-order valence-electron chi connectivity index (χ0n) is 16.7. The molecule has 146 valence electrons. The van der Waals surface area contributed by atoms with Crippen molar-refractivity contribution in [3.8, 4) is 0 Å². The number of nitrogens with one attached hydrogen (secondary N) is 1. The van der Waals surface area contributed by atoms with E-state index in [0.717, 1.165) is 58.7 Å². The predicted molar refractivity (Wildman–Crippen MR) is 116 cm³/mol. The van der Waals surface area contributed by atoms with Crippen molar-refractivity contribution in [1.82, 2.24) is 9.97 Å². The molecule has 1 fully saturated rings. The van der Waals surface area contributed by atoms with E-state index in [1.54, 1.807) is 17.7 Å². The Labute approximate surface area is 169 Å². The Morgan fingerprint density at radius 2 is 2.00 bits per heavy atom. The number of thiophene rings is 1. The van der Waals surface area contributed by atoms with E-state index in [0.29, 0.717) is 6.54 Å². The Bertz CT molecular complexity index is 993. The lowest BCUT2D eigenvalue weighted by molar-refractivity contribution is -0.120. The van der Waals surface area contributed by atoms with Crippen molar-refractivity contribution in [2.45, 2.75) is 40.0 Å². The molecule has 2 aromatic heterocycles. The van der Waals surface area contributed by atoms with Crippen LogP contribution in [0, 0.1) is 19.8 Å². The number of rotatable bonds is 4. The van der Waals surface area contributed by atoms with Crippen LogP contribution in [0.1, 0.15) is 35.8 Å². The number of carbonyl (C=O) groups excluding carboxylic acids is 1. The van der Waals surface area contributed by atoms with Crippen LogP contribution in [-0.2, 0) is 11.2 Å². The zero-order chi connectivity index (χ0) is 19.7. The molecule has 1 saturated heterocycles. The molecule has 0 spiro atoms. The van der Waals surface area contributed by atoms with Crippen molar-refractivity contribution in [2.75, 3.05) is 23.3 Å². The lowest BCUT2D eigenvalue weighted by atomic mass is 9.96. The number of aromatic nitrogens is 2. The SMILES string of the molecule is CCc1cc2c(N3CCCC(C(=O)Nc4cc(C)cc(C)c4)C3)ncnc2s1. The molecule has 1 unspecified atom stereocenters. The van der Waals surface area contributed by atoms with Gasteiger partial charge in [0.2, 0.25) is 5.91 Å². The van der Waals surface area contributed by atoms with E-state index in [1.807, 2.05) is 12.1 Å². The van der Waals surface area contributed by atoms with Gasteiger partial charge >= 0.3 is 0 Å². The van der Waals surface area contributed by atoms with Crippen LogP contribution < -0.4 is 10.2 Å². The van der Waals surface area contributed by atoms with E-state index in [2.05, 4.69) is 53.1 Å². The standard InChI is InChI=1S/C22H26N4OS/c1-4-18-11-19-20(23-13-24-22(19)28-18)26-7-5-6-16(12-26)21(27)25-17-9-14(2)8-15(3)10-17/h8-11,13,16H,4-7,12H2,1-3H3,(H,25,27). The van der Waals surface area contributed by atoms with Crippen LogP contribution >= 0.6 is 11.3 Å². The van der Waals surface area contributed by atoms with Gasteiger partial charge in [-0.05, 0) is 62.4 Å². The molecule has 1 N–H and O–H groups in total. The molecule has 1 amide bonds. The van der Waals surface area contributed by atoms with Gasteiger partial charge in [0.15, 0.2) is 0 Å². The van der Waals surface area contributed by atoms with Gasteiger partial charge in [-0.2, -0.15) is 0 Å². The highest BCUT2D eigenvalue weighted by Crippen LogP contribution is 2.32. The Kier molecular flexibility index (Phi) is 5.31. The second kappa shape index (κ2) is 7.87. The van der Waals surface area contributed by atoms with Crippen LogP contribution in [0.25, 0.3) is 10.2 Å². The second-order valence-corrected chi connectivity index (χ2v) is 8.75. The lowest BCUT2D eigenvalue weighted by Crippen LogP contribution is -2.41. The summed E-state index contributed by atoms with van der Waals surface area (Å²) in [5, 5.41) is 4.23. The molecule has 0 bridgehead atoms. The minimum absolute atomic E-state index is 0.0381. The molecule has 1 aliphatic rings. The van der Waals surface area contributed by atoms with Crippen LogP contribution in [0.5, 0.6) is 0 Å². The predicted octanol–water partition coefficient (Wildman–Crippen LogP) is 4.73. The van der Waals surface area contributed by atoms with E-state index >= 15 is 0 Å². The molecule has 0 saturated carbocycles. The Balaban J connectivity index is 1.53. The Hall–Kier alpha value is -2.47. The third-order valence-corrected chi connectivity index (χ3v) is 6.48. The molecular weight excluding hydrogens is 368 g/mol. The number of benzene rings is 1. The molecule has 6 heteroatoms. The summed E-state index contributed by atoms with van der Waals surface area (Å²) in [7, 11) is 0. The quantitative estimate of drug-likeness (QED) is 0.695. The van der Waals surface area contributed by atoms with Gasteiger partial charge in [0.1, 0.15) is 17.0 Å². The summed E-state index contributed by atoms with van der Waals surface area (Å²) in [4.78, 5) is 26.5. The maximum Gasteiger partial charge on any atom is 0.229 e. The summed E-state index contributed by atoms with van der Waals surface area (Å²) in [6, 6.07) is 8.37. The average Bonchev–Trinajstić information content (AvgIpc) is 3.10. The molecule has 1 aliphatic heterocycles. The molecule has 1 atom stereocenters. The van der Waals surface area contributed by atoms with Gasteiger partial charge in [0.25, 0.3) is 0 Å². The first-order valence-electron chi connectivity index (χ1n) is 9.91. The first kappa shape index (κ1) is 18.9. The maximum atomic E-state index is 12.9. The van der Waals surface area contributed by atoms with Crippen molar-refractivity contribution in [2.24, 2.45) is 5.92 Å². The molecule has 4 rings (SSSR count). The van der Waals surface area contributed by atoms with Crippen molar-refractivity contribution in [1.29, 1.82) is 0 Å². The first-order valence-corrected chi connectivity index (χ1v) is 10.7. The third-order valence-electron chi connectivity index (χ3n) is 5.29. The van der Waals surface area contributed by atoms with Gasteiger partial charge < -0.3 is 10.2 Å². The lowest BCUT2D eigenvalue weighted by Gasteiger charge is -2.33. The summed E-state index contributed by atoms with van der Waals surface area (Å²) in [5.74, 6) is 1.02. The fraction of sp³-hybridized carbons (Fsp3) is 0.409. The number of nitrogens with zero attached hydrogens (tertiary/aromatic N) is 3. The van der Waals surface area contributed by atoms with Crippen LogP contribution in [0.3, 0.4) is 0 Å². The van der Waals surface area contributed by atoms with E-state index < -0.39 is 0 Å². The van der Waals surface area contributed by atoms with Crippen molar-refractivity contribution < 1.29 is 4.79 Å². The molecule has 3 aromatic rings. The summed E-state index contributed by atoms with van der Waals surface area (Å²) >= 11 is 1.73. The average molecular weight is 395 g/mol. The molecule has 5 nitrogen and oxygen atoms in total. The fourth-order valence-corrected chi connectivity index (χ4v) is 4.92. The van der Waals surface area contributed by atoms with Gasteiger partial charge in [-0.15, -0.1) is 11.3 Å². The fourth-order valence-electron chi connectivity index (χ4n) is 3.99. The monoisotopic (exact) mass is 394 g/mol. The van der Waals surface area contributed by atoms with E-state index in [-0.39, 0.29) is 11.8 Å². The zero-order valence-corrected chi connectivity index (χ0v) is 17.5. The van der Waals surface area contributed by atoms with Crippen molar-refractivity contribution in [3.05, 3.63) is 46.6 Å². The van der Waals surface area contributed by atoms with E-state index in [4.69, 9.17) is 0 Å². The topological polar surface area (TPSA) is 58.1 Å². The minimum atomic E-state index is -0.0381. The number of carbonyl (C=O) groups is 1. The second-order valence-electron chi connectivity index (χ2n) is 7.63. The summed E-state index contributed by atoms with van der Waals surface area (Å²) in [5.41, 5.74) is 3.20. The van der Waals surface area contributed by atoms with Crippen LogP contribution in [0.4, 0.5) is 11.5 Å². The number of hydrogen-bond donors (Lipinski definition) is 1. The summed E-state index contributed by atoms with van der Waals surface area (Å²) in [6.45, 7) is 7.89. The van der Waals surface area contributed by atoms with Gasteiger partial charge in [0, 0.05) is 23.7 Å². The molecule has 0 radical (unpaired) electrons. The Morgan fingerprint density at radius 1 is 1.21 bits per heavy atom. The minimum Gasteiger partial charge on any atom is -0.355 e. The highest BCUT2D eigenvalue weighted by molar-refractivity contribution is 7.18. The summed E-state index contributed by atoms with van der Waals surface area (Å²) in [6.07, 6.45) is 4.54. The molecule has 3 heterocycles. The Morgan fingerprint density at radius 3 is 2.75 bits per heavy atom. The normalized spacial score (nSPS) is 17.1. The first-order chi connectivity index (χ1) is 13.5. The number of hydrogen-bond acceptors (Lipinski definition) is 5. The molecule has 28 heavy (non-hydrogen) atoms. The smallest absolute Gasteiger partial charge is 0.229 e. The third kappa shape index (κ3) is 3.87. The number of amides is 1. The van der Waals surface area contributed by atoms with Gasteiger partial charge in [0.05, 0.1) is 11.3 Å². The molecule has 1 aromatic carbocycles. The van der Waals surface area contributed by atoms with Gasteiger partial charge in [-0.3, -0.25) is 4.79 Å². The van der Waals surface area contributed by atoms with Crippen LogP contribution in [0.2, 0.25) is 0 Å². The molecular formula is C22H26N4OS. The van der Waals surface area contributed by atoms with Gasteiger partial charge in [-0.25, -0.2) is 9.97 Å². The summed E-state index contributed by atoms with van der Waals surface area (Å²) < 4.78 is 0. The number of aryl methyl sites for hydroxylation is 3. The highest BCUT2D eigenvalue weighted by Gasteiger charge is 2.28. The van der Waals surface area contributed by atoms with Gasteiger partial charge in [-0.1, -0.05) is 13.0 Å². The number of anilines is 2. The molecule has 0 aliphatic carbocycles. The van der Waals surface area contributed by atoms with Crippen LogP contribution in [-0.4, -0.2) is 29.0 Å². The largest absolute Gasteiger partial charge is 0.355 e. The highest BCUT2D eigenvalue weighted by atomic mass is 32.1. The van der Waals surface area contributed by atoms with E-state index in [1.165, 1.54) is 4.88 Å². The van der Waals surface area contributed by atoms with Crippen molar-refractivity contribution >= 4 is 39.0 Å². The van der Waals surface area contributed by atoms with Crippen LogP contribution in [0.15, 0.2) is 30.6 Å². The van der Waals surface area contributed by atoms with Crippen molar-refractivity contribution in [3.63, 3.8) is 0 Å². The maximum absolute atomic E-state index is 12.9. The number of piperidine rings is 1. The number of fused-ring (bicyclic) bond motifs is 1.